The molecule has 0 saturated heterocycles. The third-order valence-corrected chi connectivity index (χ3v) is 3.61. The van der Waals surface area contributed by atoms with Crippen LogP contribution < -0.4 is 10.6 Å². The van der Waals surface area contributed by atoms with Crippen LogP contribution in [0.2, 0.25) is 0 Å². The summed E-state index contributed by atoms with van der Waals surface area (Å²) in [5.74, 6) is -0.0287. The monoisotopic (exact) mass is 345 g/mol. The van der Waals surface area contributed by atoms with Crippen molar-refractivity contribution in [1.82, 2.24) is 20.6 Å². The molecule has 0 bridgehead atoms. The number of amides is 1. The van der Waals surface area contributed by atoms with Crippen molar-refractivity contribution < 1.29 is 4.79 Å². The number of nitrogens with one attached hydrogen (secondary N) is 3. The molecule has 0 fully saturated rings. The molecule has 0 aliphatic carbocycles. The van der Waals surface area contributed by atoms with E-state index in [0.717, 1.165) is 11.3 Å². The fourth-order valence-corrected chi connectivity index (χ4v) is 2.24. The summed E-state index contributed by atoms with van der Waals surface area (Å²) in [5.41, 5.74) is 3.10. The smallest absolute Gasteiger partial charge is 0.255 e. The third-order valence-electron chi connectivity index (χ3n) is 3.61. The molecule has 1 aromatic heterocycles. The minimum Gasteiger partial charge on any atom is -0.360 e. The van der Waals surface area contributed by atoms with E-state index in [1.54, 1.807) is 24.3 Å². The molecule has 0 aliphatic heterocycles. The average Bonchev–Trinajstić information content (AvgIpc) is 3.19. The zero-order valence-corrected chi connectivity index (χ0v) is 13.9. The van der Waals surface area contributed by atoms with E-state index in [1.807, 2.05) is 37.3 Å². The highest BCUT2D eigenvalue weighted by Crippen LogP contribution is 2.17. The van der Waals surface area contributed by atoms with Crippen molar-refractivity contribution in [2.24, 2.45) is 0 Å². The van der Waals surface area contributed by atoms with Gasteiger partial charge in [0.05, 0.1) is 0 Å². The molecule has 1 amide bonds. The Bertz CT molecular complexity index is 987. The van der Waals surface area contributed by atoms with Gasteiger partial charge in [-0.1, -0.05) is 24.3 Å². The maximum Gasteiger partial charge on any atom is 0.255 e. The number of hydrogen-bond donors (Lipinski definition) is 3. The summed E-state index contributed by atoms with van der Waals surface area (Å²) in [5, 5.41) is 28.2. The fourth-order valence-electron chi connectivity index (χ4n) is 2.24. The first-order valence-corrected chi connectivity index (χ1v) is 7.75. The molecular weight excluding hydrogens is 330 g/mol. The van der Waals surface area contributed by atoms with Crippen molar-refractivity contribution in [1.29, 1.82) is 5.26 Å². The van der Waals surface area contributed by atoms with Crippen LogP contribution in [-0.2, 0) is 0 Å². The highest BCUT2D eigenvalue weighted by molar-refractivity contribution is 6.05. The van der Waals surface area contributed by atoms with Crippen molar-refractivity contribution in [3.8, 4) is 6.07 Å². The van der Waals surface area contributed by atoms with Gasteiger partial charge in [0.25, 0.3) is 5.91 Å². The topological polar surface area (TPSA) is 119 Å². The number of anilines is 2. The second-order valence-electron chi connectivity index (χ2n) is 5.40. The number of H-pyrrole nitrogens is 1. The van der Waals surface area contributed by atoms with Crippen LogP contribution in [0.15, 0.2) is 54.7 Å². The number of rotatable bonds is 5. The number of aromatic amines is 1. The molecule has 8 heteroatoms. The molecule has 0 spiro atoms. The average molecular weight is 345 g/mol. The maximum atomic E-state index is 12.5. The van der Waals surface area contributed by atoms with E-state index < -0.39 is 0 Å². The number of allylic oxidation sites excluding steroid dienone is 1. The van der Waals surface area contributed by atoms with Crippen molar-refractivity contribution >= 4 is 22.9 Å². The normalized spacial score (nSPS) is 10.8. The van der Waals surface area contributed by atoms with Crippen LogP contribution in [-0.4, -0.2) is 26.5 Å². The first kappa shape index (κ1) is 16.9. The number of carbonyl (C=O) groups is 1. The van der Waals surface area contributed by atoms with E-state index in [9.17, 15) is 4.79 Å². The molecule has 3 aromatic rings. The number of carbonyl (C=O) groups excluding carboxylic acids is 1. The zero-order valence-electron chi connectivity index (χ0n) is 13.9. The summed E-state index contributed by atoms with van der Waals surface area (Å²) in [7, 11) is 0. The lowest BCUT2D eigenvalue weighted by Gasteiger charge is -2.09. The Morgan fingerprint density at radius 2 is 2.08 bits per heavy atom. The van der Waals surface area contributed by atoms with Gasteiger partial charge in [0, 0.05) is 23.1 Å². The Morgan fingerprint density at radius 1 is 1.23 bits per heavy atom. The molecule has 0 aliphatic rings. The van der Waals surface area contributed by atoms with Gasteiger partial charge in [-0.25, -0.2) is 0 Å². The van der Waals surface area contributed by atoms with E-state index in [0.29, 0.717) is 11.3 Å². The van der Waals surface area contributed by atoms with Crippen molar-refractivity contribution in [3.05, 3.63) is 71.7 Å². The molecule has 26 heavy (non-hydrogen) atoms. The second kappa shape index (κ2) is 7.72. The van der Waals surface area contributed by atoms with Crippen LogP contribution >= 0.6 is 0 Å². The molecule has 3 N–H and O–H groups in total. The Hall–Kier alpha value is -3.99. The molecule has 2 aromatic carbocycles. The molecule has 3 rings (SSSR count). The van der Waals surface area contributed by atoms with Gasteiger partial charge in [-0.2, -0.15) is 10.5 Å². The van der Waals surface area contributed by atoms with Gasteiger partial charge in [-0.3, -0.25) is 4.79 Å². The summed E-state index contributed by atoms with van der Waals surface area (Å²) >= 11 is 0. The van der Waals surface area contributed by atoms with Gasteiger partial charge in [0.15, 0.2) is 0 Å². The summed E-state index contributed by atoms with van der Waals surface area (Å²) in [4.78, 5) is 12.5. The molecule has 0 atom stereocenters. The molecule has 128 valence electrons. The van der Waals surface area contributed by atoms with Crippen LogP contribution in [0.5, 0.6) is 0 Å². The van der Waals surface area contributed by atoms with Crippen LogP contribution in [0.1, 0.15) is 21.7 Å². The number of para-hydroxylation sites is 1. The molecule has 8 nitrogen and oxygen atoms in total. The Labute approximate surface area is 149 Å². The van der Waals surface area contributed by atoms with Crippen LogP contribution in [0, 0.1) is 18.3 Å². The predicted octanol–water partition coefficient (Wildman–Crippen LogP) is 2.74. The summed E-state index contributed by atoms with van der Waals surface area (Å²) in [6.07, 6.45) is 1.46. The summed E-state index contributed by atoms with van der Waals surface area (Å²) in [6.45, 7) is 1.93. The largest absolute Gasteiger partial charge is 0.360 e. The number of aryl methyl sites for hydroxylation is 1. The van der Waals surface area contributed by atoms with Crippen LogP contribution in [0.25, 0.3) is 5.57 Å². The van der Waals surface area contributed by atoms with Gasteiger partial charge in [0.1, 0.15) is 11.6 Å². The first-order valence-electron chi connectivity index (χ1n) is 7.75. The van der Waals surface area contributed by atoms with Crippen molar-refractivity contribution in [2.75, 3.05) is 10.6 Å². The Kier molecular flexibility index (Phi) is 5.00. The molecule has 0 saturated carbocycles. The van der Waals surface area contributed by atoms with Gasteiger partial charge in [0.2, 0.25) is 5.82 Å². The van der Waals surface area contributed by atoms with E-state index >= 15 is 0 Å². The fraction of sp³-hybridized carbons (Fsp3) is 0.0556. The van der Waals surface area contributed by atoms with Crippen molar-refractivity contribution in [2.45, 2.75) is 6.92 Å². The van der Waals surface area contributed by atoms with E-state index in [-0.39, 0.29) is 17.3 Å². The highest BCUT2D eigenvalue weighted by atomic mass is 16.1. The molecular formula is C18H15N7O. The van der Waals surface area contributed by atoms with Gasteiger partial charge < -0.3 is 10.6 Å². The summed E-state index contributed by atoms with van der Waals surface area (Å²) in [6, 6.07) is 16.5. The lowest BCUT2D eigenvalue weighted by molar-refractivity contribution is 0.102. The van der Waals surface area contributed by atoms with E-state index in [4.69, 9.17) is 5.26 Å². The number of tetrazole rings is 1. The Morgan fingerprint density at radius 3 is 2.81 bits per heavy atom. The number of benzene rings is 2. The highest BCUT2D eigenvalue weighted by Gasteiger charge is 2.09. The zero-order chi connectivity index (χ0) is 18.4. The number of hydrogen-bond acceptors (Lipinski definition) is 6. The van der Waals surface area contributed by atoms with Gasteiger partial charge >= 0.3 is 0 Å². The quantitative estimate of drug-likeness (QED) is 0.612. The van der Waals surface area contributed by atoms with Crippen molar-refractivity contribution in [3.63, 3.8) is 0 Å². The SMILES string of the molecule is Cc1ccccc1NC(=O)c1cccc(NC=C(C#N)c2nn[nH]n2)c1. The second-order valence-corrected chi connectivity index (χ2v) is 5.40. The molecule has 0 unspecified atom stereocenters. The van der Waals surface area contributed by atoms with Gasteiger partial charge in [-0.15, -0.1) is 10.2 Å². The van der Waals surface area contributed by atoms with Crippen LogP contribution in [0.4, 0.5) is 11.4 Å². The molecule has 1 heterocycles. The maximum absolute atomic E-state index is 12.5. The number of nitrogens with zero attached hydrogens (tertiary/aromatic N) is 4. The standard InChI is InChI=1S/C18H15N7O/c1-12-5-2-3-8-16(12)21-18(26)13-6-4-7-15(9-13)20-11-14(10-19)17-22-24-25-23-17/h2-9,11,20H,1H3,(H,21,26)(H,22,23,24,25). The minimum atomic E-state index is -0.217. The van der Waals surface area contributed by atoms with Crippen LogP contribution in [0.3, 0.4) is 0 Å². The lowest BCUT2D eigenvalue weighted by Crippen LogP contribution is -2.12. The Balaban J connectivity index is 1.75. The minimum absolute atomic E-state index is 0.188. The first-order chi connectivity index (χ1) is 12.7. The number of nitriles is 1. The van der Waals surface area contributed by atoms with E-state index in [2.05, 4.69) is 31.3 Å². The van der Waals surface area contributed by atoms with Gasteiger partial charge in [-0.05, 0) is 42.0 Å². The molecule has 0 radical (unpaired) electrons. The third kappa shape index (κ3) is 3.91. The lowest BCUT2D eigenvalue weighted by atomic mass is 10.1. The summed E-state index contributed by atoms with van der Waals surface area (Å²) < 4.78 is 0. The predicted molar refractivity (Wildman–Crippen MR) is 97.0 cm³/mol. The number of aromatic nitrogens is 4. The van der Waals surface area contributed by atoms with E-state index in [1.165, 1.54) is 6.20 Å².